The Bertz CT molecular complexity index is 1090. The van der Waals surface area contributed by atoms with Crippen molar-refractivity contribution in [2.24, 2.45) is 0 Å². The summed E-state index contributed by atoms with van der Waals surface area (Å²) in [7, 11) is -3.89. The zero-order valence-electron chi connectivity index (χ0n) is 15.8. The van der Waals surface area contributed by atoms with Crippen LogP contribution in [-0.2, 0) is 19.6 Å². The van der Waals surface area contributed by atoms with Gasteiger partial charge in [0.15, 0.2) is 0 Å². The lowest BCUT2D eigenvalue weighted by Crippen LogP contribution is -2.52. The average molecular weight is 468 g/mol. The number of benzene rings is 2. The number of carbonyl (C=O) groups is 2. The Balaban J connectivity index is 1.50. The quantitative estimate of drug-likeness (QED) is 0.751. The van der Waals surface area contributed by atoms with Crippen LogP contribution in [-0.4, -0.2) is 55.6 Å². The first-order valence-electron chi connectivity index (χ1n) is 9.41. The fourth-order valence-corrected chi connectivity index (χ4v) is 6.37. The molecule has 2 aliphatic rings. The van der Waals surface area contributed by atoms with Crippen molar-refractivity contribution in [2.75, 3.05) is 31.5 Å². The van der Waals surface area contributed by atoms with Crippen LogP contribution in [0.15, 0.2) is 47.4 Å². The highest BCUT2D eigenvalue weighted by Gasteiger charge is 2.37. The van der Waals surface area contributed by atoms with Crippen molar-refractivity contribution in [3.63, 3.8) is 0 Å². The summed E-state index contributed by atoms with van der Waals surface area (Å²) < 4.78 is 27.3. The molecule has 0 saturated carbocycles. The average Bonchev–Trinajstić information content (AvgIpc) is 2.72. The molecule has 2 aliphatic heterocycles. The Kier molecular flexibility index (Phi) is 5.76. The van der Waals surface area contributed by atoms with E-state index in [1.54, 1.807) is 23.1 Å². The molecule has 1 atom stereocenters. The van der Waals surface area contributed by atoms with E-state index < -0.39 is 15.9 Å². The van der Waals surface area contributed by atoms with Gasteiger partial charge in [-0.15, -0.1) is 0 Å². The van der Waals surface area contributed by atoms with Crippen LogP contribution in [0.2, 0.25) is 10.0 Å². The molecule has 0 bridgehead atoms. The summed E-state index contributed by atoms with van der Waals surface area (Å²) >= 11 is 12.2. The predicted octanol–water partition coefficient (Wildman–Crippen LogP) is 2.95. The zero-order valence-corrected chi connectivity index (χ0v) is 18.2. The van der Waals surface area contributed by atoms with Gasteiger partial charge in [0.05, 0.1) is 16.0 Å². The summed E-state index contributed by atoms with van der Waals surface area (Å²) in [6.45, 7) is 0.688. The number of sulfonamides is 1. The van der Waals surface area contributed by atoms with E-state index in [1.807, 2.05) is 12.1 Å². The normalized spacial score (nSPS) is 19.9. The molecule has 2 amide bonds. The molecule has 1 N–H and O–H groups in total. The number of rotatable bonds is 3. The Labute approximate surface area is 184 Å². The third-order valence-electron chi connectivity index (χ3n) is 5.37. The van der Waals surface area contributed by atoms with Crippen molar-refractivity contribution >= 4 is 50.7 Å². The van der Waals surface area contributed by atoms with Crippen LogP contribution < -0.4 is 5.32 Å². The van der Waals surface area contributed by atoms with E-state index in [4.69, 9.17) is 23.2 Å². The van der Waals surface area contributed by atoms with E-state index in [9.17, 15) is 18.0 Å². The van der Waals surface area contributed by atoms with Crippen LogP contribution >= 0.6 is 23.2 Å². The number of nitrogens with zero attached hydrogens (tertiary/aromatic N) is 2. The topological polar surface area (TPSA) is 86.8 Å². The number of carbonyl (C=O) groups excluding carboxylic acids is 2. The van der Waals surface area contributed by atoms with E-state index in [1.165, 1.54) is 16.4 Å². The van der Waals surface area contributed by atoms with Gasteiger partial charge in [0, 0.05) is 38.3 Å². The number of fused-ring (bicyclic) bond motifs is 1. The first-order chi connectivity index (χ1) is 14.3. The van der Waals surface area contributed by atoms with Crippen LogP contribution in [0.25, 0.3) is 0 Å². The summed E-state index contributed by atoms with van der Waals surface area (Å²) in [6.07, 6.45) is 0.0730. The molecule has 2 heterocycles. The van der Waals surface area contributed by atoms with Gasteiger partial charge in [0.2, 0.25) is 21.8 Å². The highest BCUT2D eigenvalue weighted by Crippen LogP contribution is 2.35. The van der Waals surface area contributed by atoms with Gasteiger partial charge in [-0.2, -0.15) is 4.31 Å². The number of halogens is 2. The third kappa shape index (κ3) is 3.80. The van der Waals surface area contributed by atoms with Gasteiger partial charge >= 0.3 is 0 Å². The second-order valence-corrected chi connectivity index (χ2v) is 9.86. The Morgan fingerprint density at radius 3 is 2.27 bits per heavy atom. The maximum atomic E-state index is 13.1. The standard InChI is InChI=1S/C20H19Cl2N3O4S/c21-15-5-3-6-16(22)19(15)30(28,29)25-10-8-24(9-11-25)20(27)14-12-18(26)23-17-7-2-1-4-13(14)17/h1-7,14H,8-12H2,(H,23,26)/t14-/m0/s1. The molecular weight excluding hydrogens is 449 g/mol. The summed E-state index contributed by atoms with van der Waals surface area (Å²) in [5.74, 6) is -0.956. The first-order valence-corrected chi connectivity index (χ1v) is 11.6. The lowest BCUT2D eigenvalue weighted by Gasteiger charge is -2.37. The monoisotopic (exact) mass is 467 g/mol. The van der Waals surface area contributed by atoms with Crippen LogP contribution in [0.5, 0.6) is 0 Å². The van der Waals surface area contributed by atoms with Gasteiger partial charge in [-0.1, -0.05) is 47.5 Å². The fraction of sp³-hybridized carbons (Fsp3) is 0.300. The number of para-hydroxylation sites is 1. The van der Waals surface area contributed by atoms with Crippen molar-refractivity contribution in [1.29, 1.82) is 0 Å². The van der Waals surface area contributed by atoms with Crippen molar-refractivity contribution in [1.82, 2.24) is 9.21 Å². The number of amides is 2. The van der Waals surface area contributed by atoms with E-state index in [-0.39, 0.29) is 59.4 Å². The van der Waals surface area contributed by atoms with Gasteiger partial charge in [-0.25, -0.2) is 8.42 Å². The number of hydrogen-bond donors (Lipinski definition) is 1. The number of nitrogens with one attached hydrogen (secondary N) is 1. The Hall–Kier alpha value is -2.13. The van der Waals surface area contributed by atoms with E-state index in [0.29, 0.717) is 5.69 Å². The Morgan fingerprint density at radius 1 is 0.967 bits per heavy atom. The maximum absolute atomic E-state index is 13.1. The van der Waals surface area contributed by atoms with E-state index in [0.717, 1.165) is 5.56 Å². The van der Waals surface area contributed by atoms with Gasteiger partial charge in [-0.05, 0) is 23.8 Å². The summed E-state index contributed by atoms with van der Waals surface area (Å²) in [5.41, 5.74) is 1.42. The molecule has 7 nitrogen and oxygen atoms in total. The van der Waals surface area contributed by atoms with Gasteiger partial charge in [-0.3, -0.25) is 9.59 Å². The fourth-order valence-electron chi connectivity index (χ4n) is 3.86. The van der Waals surface area contributed by atoms with Crippen LogP contribution in [0, 0.1) is 0 Å². The molecule has 0 unspecified atom stereocenters. The van der Waals surface area contributed by atoms with Crippen molar-refractivity contribution in [3.8, 4) is 0 Å². The molecule has 158 valence electrons. The van der Waals surface area contributed by atoms with Crippen LogP contribution in [0.4, 0.5) is 5.69 Å². The van der Waals surface area contributed by atoms with Crippen LogP contribution in [0.1, 0.15) is 17.9 Å². The minimum absolute atomic E-state index is 0.0610. The lowest BCUT2D eigenvalue weighted by molar-refractivity contribution is -0.136. The third-order valence-corrected chi connectivity index (χ3v) is 8.22. The highest BCUT2D eigenvalue weighted by atomic mass is 35.5. The van der Waals surface area contributed by atoms with E-state index in [2.05, 4.69) is 5.32 Å². The van der Waals surface area contributed by atoms with E-state index >= 15 is 0 Å². The molecule has 0 spiro atoms. The first kappa shape index (κ1) is 21.1. The number of anilines is 1. The van der Waals surface area contributed by atoms with Crippen molar-refractivity contribution < 1.29 is 18.0 Å². The number of hydrogen-bond acceptors (Lipinski definition) is 4. The summed E-state index contributed by atoms with van der Waals surface area (Å²) in [4.78, 5) is 26.7. The smallest absolute Gasteiger partial charge is 0.246 e. The Morgan fingerprint density at radius 2 is 1.60 bits per heavy atom. The SMILES string of the molecule is O=C1C[C@H](C(=O)N2CCN(S(=O)(=O)c3c(Cl)cccc3Cl)CC2)c2ccccc2N1. The van der Waals surface area contributed by atoms with Crippen LogP contribution in [0.3, 0.4) is 0 Å². The zero-order chi connectivity index (χ0) is 21.5. The predicted molar refractivity (Wildman–Crippen MR) is 114 cm³/mol. The molecule has 2 aromatic carbocycles. The maximum Gasteiger partial charge on any atom is 0.246 e. The van der Waals surface area contributed by atoms with Crippen molar-refractivity contribution in [3.05, 3.63) is 58.1 Å². The number of piperazine rings is 1. The molecule has 1 saturated heterocycles. The van der Waals surface area contributed by atoms with Gasteiger partial charge in [0.1, 0.15) is 4.90 Å². The van der Waals surface area contributed by atoms with Gasteiger partial charge in [0.25, 0.3) is 0 Å². The summed E-state index contributed by atoms with van der Waals surface area (Å²) in [6, 6.07) is 11.8. The largest absolute Gasteiger partial charge is 0.340 e. The molecule has 30 heavy (non-hydrogen) atoms. The highest BCUT2D eigenvalue weighted by molar-refractivity contribution is 7.89. The summed E-state index contributed by atoms with van der Waals surface area (Å²) in [5, 5.41) is 2.90. The molecule has 0 aliphatic carbocycles. The molecular formula is C20H19Cl2N3O4S. The van der Waals surface area contributed by atoms with Crippen molar-refractivity contribution in [2.45, 2.75) is 17.2 Å². The second-order valence-electron chi connectivity index (χ2n) is 7.17. The molecule has 4 rings (SSSR count). The minimum atomic E-state index is -3.89. The molecule has 1 fully saturated rings. The molecule has 2 aromatic rings. The molecule has 0 radical (unpaired) electrons. The lowest BCUT2D eigenvalue weighted by atomic mass is 9.89. The minimum Gasteiger partial charge on any atom is -0.340 e. The second kappa shape index (κ2) is 8.19. The molecule has 10 heteroatoms. The molecule has 0 aromatic heterocycles. The van der Waals surface area contributed by atoms with Gasteiger partial charge < -0.3 is 10.2 Å².